The van der Waals surface area contributed by atoms with E-state index in [1.54, 1.807) is 12.1 Å². The lowest BCUT2D eigenvalue weighted by Gasteiger charge is -2.40. The maximum Gasteiger partial charge on any atom is 0.294 e. The Morgan fingerprint density at radius 2 is 1.71 bits per heavy atom. The molecular weight excluding hydrogens is 318 g/mol. The Morgan fingerprint density at radius 1 is 1.24 bits per heavy atom. The molecule has 3 N–H and O–H groups in total. The van der Waals surface area contributed by atoms with Crippen LogP contribution in [0.4, 0.5) is 0 Å². The minimum Gasteiger partial charge on any atom is -0.395 e. The third-order valence-electron chi connectivity index (χ3n) is 3.12. The summed E-state index contributed by atoms with van der Waals surface area (Å²) in [7, 11) is -4.02. The lowest BCUT2D eigenvalue weighted by atomic mass is 10.1. The molecule has 6 nitrogen and oxygen atoms in total. The number of halogens is 1. The first kappa shape index (κ1) is 18.3. The summed E-state index contributed by atoms with van der Waals surface area (Å²) in [6, 6.07) is 5.89. The first-order valence-electron chi connectivity index (χ1n) is 6.42. The molecule has 1 fully saturated rings. The van der Waals surface area contributed by atoms with Crippen molar-refractivity contribution < 1.29 is 23.2 Å². The number of alkyl halides is 1. The highest BCUT2D eigenvalue weighted by Gasteiger charge is 2.29. The average Bonchev–Trinajstić information content (AvgIpc) is 2.38. The fourth-order valence-corrected chi connectivity index (χ4v) is 2.59. The number of benzene rings is 1. The molecule has 2 rings (SSSR count). The second-order valence-electron chi connectivity index (χ2n) is 4.86. The monoisotopic (exact) mass is 337 g/mol. The van der Waals surface area contributed by atoms with Gasteiger partial charge in [0.2, 0.25) is 0 Å². The molecule has 1 saturated heterocycles. The van der Waals surface area contributed by atoms with E-state index in [9.17, 15) is 8.42 Å². The van der Waals surface area contributed by atoms with Gasteiger partial charge in [0.15, 0.2) is 0 Å². The predicted molar refractivity (Wildman–Crippen MR) is 80.2 cm³/mol. The third kappa shape index (κ3) is 5.90. The Kier molecular flexibility index (Phi) is 7.05. The Labute approximate surface area is 129 Å². The van der Waals surface area contributed by atoms with E-state index < -0.39 is 10.1 Å². The van der Waals surface area contributed by atoms with Gasteiger partial charge in [-0.1, -0.05) is 17.7 Å². The smallest absolute Gasteiger partial charge is 0.294 e. The number of aryl methyl sites for hydroxylation is 1. The van der Waals surface area contributed by atoms with Crippen molar-refractivity contribution >= 4 is 21.7 Å². The highest BCUT2D eigenvalue weighted by molar-refractivity contribution is 7.85. The van der Waals surface area contributed by atoms with Gasteiger partial charge in [-0.15, -0.1) is 11.6 Å². The van der Waals surface area contributed by atoms with Crippen LogP contribution in [-0.4, -0.2) is 65.8 Å². The van der Waals surface area contributed by atoms with Gasteiger partial charge < -0.3 is 10.2 Å². The van der Waals surface area contributed by atoms with Crippen molar-refractivity contribution in [2.45, 2.75) is 23.2 Å². The molecule has 0 bridgehead atoms. The van der Waals surface area contributed by atoms with Crippen LogP contribution in [0.15, 0.2) is 29.2 Å². The van der Waals surface area contributed by atoms with Crippen molar-refractivity contribution in [1.29, 1.82) is 0 Å². The number of hydrogen-bond donors (Lipinski definition) is 3. The molecule has 0 radical (unpaired) electrons. The maximum atomic E-state index is 10.5. The number of aliphatic hydroxyl groups is 2. The van der Waals surface area contributed by atoms with Crippen LogP contribution in [0.25, 0.3) is 0 Å². The standard InChI is InChI=1S/C7H8O3S.C6H12ClNO2/c1-6-2-4-7(5-3-6)11(8,9)10;7-5-1-8(2-5)6(3-9)4-10/h2-5H,1H3,(H,8,9,10);5-6,9-10H,1-4H2. The van der Waals surface area contributed by atoms with Gasteiger partial charge >= 0.3 is 0 Å². The van der Waals surface area contributed by atoms with E-state index in [2.05, 4.69) is 0 Å². The maximum absolute atomic E-state index is 10.5. The van der Waals surface area contributed by atoms with E-state index in [1.807, 2.05) is 11.8 Å². The van der Waals surface area contributed by atoms with Crippen molar-refractivity contribution in [2.75, 3.05) is 26.3 Å². The minimum absolute atomic E-state index is 0.0140. The van der Waals surface area contributed by atoms with Gasteiger partial charge in [-0.05, 0) is 19.1 Å². The molecule has 0 atom stereocenters. The minimum atomic E-state index is -4.02. The summed E-state index contributed by atoms with van der Waals surface area (Å²) in [6.07, 6.45) is 0. The zero-order chi connectivity index (χ0) is 16.0. The number of likely N-dealkylation sites (tertiary alicyclic amines) is 1. The lowest BCUT2D eigenvalue weighted by Crippen LogP contribution is -2.55. The fraction of sp³-hybridized carbons (Fsp3) is 0.538. The Balaban J connectivity index is 0.000000211. The Bertz CT molecular complexity index is 524. The van der Waals surface area contributed by atoms with Crippen LogP contribution in [0, 0.1) is 6.92 Å². The van der Waals surface area contributed by atoms with Crippen LogP contribution in [0.3, 0.4) is 0 Å². The molecule has 1 heterocycles. The molecule has 0 spiro atoms. The molecule has 120 valence electrons. The van der Waals surface area contributed by atoms with E-state index in [-0.39, 0.29) is 29.5 Å². The van der Waals surface area contributed by atoms with Crippen LogP contribution in [0.5, 0.6) is 0 Å². The molecule has 1 aliphatic heterocycles. The molecule has 0 saturated carbocycles. The quantitative estimate of drug-likeness (QED) is 0.547. The first-order chi connectivity index (χ1) is 9.77. The highest BCUT2D eigenvalue weighted by Crippen LogP contribution is 2.16. The zero-order valence-corrected chi connectivity index (χ0v) is 13.3. The Hall–Kier alpha value is -0.700. The predicted octanol–water partition coefficient (Wildman–Crippen LogP) is 0.504. The normalized spacial score (nSPS) is 16.3. The average molecular weight is 338 g/mol. The van der Waals surface area contributed by atoms with Gasteiger partial charge in [-0.25, -0.2) is 0 Å². The summed E-state index contributed by atoms with van der Waals surface area (Å²) < 4.78 is 29.6. The summed E-state index contributed by atoms with van der Waals surface area (Å²) in [6.45, 7) is 3.44. The molecule has 1 aromatic carbocycles. The summed E-state index contributed by atoms with van der Waals surface area (Å²) in [5, 5.41) is 17.6. The zero-order valence-electron chi connectivity index (χ0n) is 11.7. The number of nitrogens with zero attached hydrogens (tertiary/aromatic N) is 1. The van der Waals surface area contributed by atoms with E-state index in [0.29, 0.717) is 0 Å². The van der Waals surface area contributed by atoms with E-state index >= 15 is 0 Å². The van der Waals surface area contributed by atoms with E-state index in [4.69, 9.17) is 26.4 Å². The van der Waals surface area contributed by atoms with Crippen molar-refractivity contribution in [1.82, 2.24) is 4.90 Å². The van der Waals surface area contributed by atoms with Crippen LogP contribution in [-0.2, 0) is 10.1 Å². The van der Waals surface area contributed by atoms with Crippen LogP contribution in [0.1, 0.15) is 5.56 Å². The second-order valence-corrected chi connectivity index (χ2v) is 6.90. The third-order valence-corrected chi connectivity index (χ3v) is 4.27. The summed E-state index contributed by atoms with van der Waals surface area (Å²) in [5.41, 5.74) is 0.956. The molecule has 1 aliphatic rings. The summed E-state index contributed by atoms with van der Waals surface area (Å²) in [5.74, 6) is 0. The van der Waals surface area contributed by atoms with Gasteiger partial charge in [0.25, 0.3) is 10.1 Å². The Morgan fingerprint density at radius 3 is 2.05 bits per heavy atom. The van der Waals surface area contributed by atoms with Gasteiger partial charge in [0.05, 0.1) is 29.5 Å². The second kappa shape index (κ2) is 8.07. The van der Waals surface area contributed by atoms with Gasteiger partial charge in [-0.3, -0.25) is 9.45 Å². The molecule has 21 heavy (non-hydrogen) atoms. The van der Waals surface area contributed by atoms with Crippen LogP contribution < -0.4 is 0 Å². The summed E-state index contributed by atoms with van der Waals surface area (Å²) >= 11 is 5.70. The lowest BCUT2D eigenvalue weighted by molar-refractivity contribution is 0.0378. The number of hydrogen-bond acceptors (Lipinski definition) is 5. The van der Waals surface area contributed by atoms with Gasteiger partial charge in [-0.2, -0.15) is 8.42 Å². The number of rotatable bonds is 4. The molecular formula is C13H20ClNO5S. The van der Waals surface area contributed by atoms with E-state index in [1.165, 1.54) is 12.1 Å². The number of aliphatic hydroxyl groups excluding tert-OH is 2. The molecule has 0 aromatic heterocycles. The van der Waals surface area contributed by atoms with Crippen molar-refractivity contribution in [3.05, 3.63) is 29.8 Å². The first-order valence-corrected chi connectivity index (χ1v) is 8.29. The molecule has 1 aromatic rings. The molecule has 8 heteroatoms. The van der Waals surface area contributed by atoms with Crippen molar-refractivity contribution in [3.63, 3.8) is 0 Å². The molecule has 0 unspecified atom stereocenters. The SMILES string of the molecule is Cc1ccc(S(=O)(=O)O)cc1.OCC(CO)N1CC(Cl)C1. The topological polar surface area (TPSA) is 98.1 Å². The largest absolute Gasteiger partial charge is 0.395 e. The fourth-order valence-electron chi connectivity index (χ4n) is 1.75. The van der Waals surface area contributed by atoms with Crippen molar-refractivity contribution in [3.8, 4) is 0 Å². The molecule has 0 aliphatic carbocycles. The highest BCUT2D eigenvalue weighted by atomic mass is 35.5. The summed E-state index contributed by atoms with van der Waals surface area (Å²) in [4.78, 5) is 1.90. The molecule has 0 amide bonds. The van der Waals surface area contributed by atoms with E-state index in [0.717, 1.165) is 18.7 Å². The van der Waals surface area contributed by atoms with Crippen LogP contribution in [0.2, 0.25) is 0 Å². The van der Waals surface area contributed by atoms with Gasteiger partial charge in [0.1, 0.15) is 0 Å². The van der Waals surface area contributed by atoms with Gasteiger partial charge in [0, 0.05) is 13.1 Å². The van der Waals surface area contributed by atoms with Crippen LogP contribution >= 0.6 is 11.6 Å². The van der Waals surface area contributed by atoms with Crippen molar-refractivity contribution in [2.24, 2.45) is 0 Å².